The van der Waals surface area contributed by atoms with E-state index >= 15 is 0 Å². The number of benzene rings is 2. The van der Waals surface area contributed by atoms with Gasteiger partial charge in [-0.3, -0.25) is 9.48 Å². The van der Waals surface area contributed by atoms with Crippen LogP contribution in [0, 0.1) is 5.92 Å². The van der Waals surface area contributed by atoms with E-state index in [1.807, 2.05) is 73.3 Å². The number of aromatic nitrogens is 2. The van der Waals surface area contributed by atoms with E-state index in [1.165, 1.54) is 0 Å². The molecule has 7 nitrogen and oxygen atoms in total. The summed E-state index contributed by atoms with van der Waals surface area (Å²) in [6, 6.07) is 18.6. The van der Waals surface area contributed by atoms with Crippen LogP contribution in [0.4, 0.5) is 4.79 Å². The minimum atomic E-state index is -0.707. The fourth-order valence-electron chi connectivity index (χ4n) is 3.43. The maximum Gasteiger partial charge on any atom is 0.312 e. The Hall–Kier alpha value is -3.61. The molecule has 0 unspecified atom stereocenters. The molecule has 7 heteroatoms. The molecule has 0 aliphatic carbocycles. The molecule has 0 fully saturated rings. The third-order valence-corrected chi connectivity index (χ3v) is 5.32. The van der Waals surface area contributed by atoms with Crippen LogP contribution in [0.15, 0.2) is 66.9 Å². The molecule has 3 amide bonds. The van der Waals surface area contributed by atoms with Crippen LogP contribution in [-0.4, -0.2) is 27.8 Å². The molecule has 0 aliphatic heterocycles. The van der Waals surface area contributed by atoms with Crippen molar-refractivity contribution in [2.45, 2.75) is 39.4 Å². The van der Waals surface area contributed by atoms with E-state index in [2.05, 4.69) is 22.8 Å². The number of rotatable bonds is 9. The van der Waals surface area contributed by atoms with Gasteiger partial charge in [-0.05, 0) is 11.5 Å². The zero-order chi connectivity index (χ0) is 22.2. The van der Waals surface area contributed by atoms with Crippen LogP contribution in [0.3, 0.4) is 0 Å². The Balaban J connectivity index is 1.81. The van der Waals surface area contributed by atoms with Gasteiger partial charge in [-0.1, -0.05) is 80.9 Å². The highest BCUT2D eigenvalue weighted by Gasteiger charge is 2.25. The molecular weight excluding hydrogens is 390 g/mol. The van der Waals surface area contributed by atoms with Gasteiger partial charge in [-0.25, -0.2) is 4.79 Å². The topological polar surface area (TPSA) is 102 Å². The van der Waals surface area contributed by atoms with E-state index in [-0.39, 0.29) is 11.8 Å². The van der Waals surface area contributed by atoms with Crippen molar-refractivity contribution < 1.29 is 9.59 Å². The van der Waals surface area contributed by atoms with Crippen LogP contribution in [-0.2, 0) is 17.9 Å². The summed E-state index contributed by atoms with van der Waals surface area (Å²) in [5, 5.41) is 10.3. The molecule has 4 N–H and O–H groups in total. The number of carbonyl (C=O) groups is 2. The lowest BCUT2D eigenvalue weighted by molar-refractivity contribution is -0.124. The Bertz CT molecular complexity index is 1000. The van der Waals surface area contributed by atoms with Crippen molar-refractivity contribution in [2.75, 3.05) is 0 Å². The van der Waals surface area contributed by atoms with E-state index in [1.54, 1.807) is 0 Å². The fraction of sp³-hybridized carbons (Fsp3) is 0.292. The van der Waals surface area contributed by atoms with Crippen molar-refractivity contribution in [1.82, 2.24) is 20.4 Å². The summed E-state index contributed by atoms with van der Waals surface area (Å²) < 4.78 is 1.88. The maximum absolute atomic E-state index is 12.8. The Morgan fingerprint density at radius 3 is 2.32 bits per heavy atom. The minimum absolute atomic E-state index is 0.0399. The number of hydrogen-bond donors (Lipinski definition) is 3. The standard InChI is InChI=1S/C24H29N5O2/c1-3-17(2)21(27-24(25)31)23(30)26-14-20-16-29(15-18-10-6-4-7-11-18)28-22(20)19-12-8-5-9-13-19/h4-13,16-17,21H,3,14-15H2,1-2H3,(H,26,30)(H3,25,27,31)/t17-,21+/m0/s1. The first kappa shape index (κ1) is 22.1. The summed E-state index contributed by atoms with van der Waals surface area (Å²) in [6.07, 6.45) is 2.69. The van der Waals surface area contributed by atoms with Crippen LogP contribution < -0.4 is 16.4 Å². The first-order chi connectivity index (χ1) is 15.0. The summed E-state index contributed by atoms with van der Waals surface area (Å²) in [5.41, 5.74) is 9.10. The lowest BCUT2D eigenvalue weighted by atomic mass is 9.98. The van der Waals surface area contributed by atoms with Crippen molar-refractivity contribution in [3.05, 3.63) is 78.0 Å². The summed E-state index contributed by atoms with van der Waals surface area (Å²) in [5.74, 6) is -0.301. The number of nitrogens with one attached hydrogen (secondary N) is 2. The summed E-state index contributed by atoms with van der Waals surface area (Å²) >= 11 is 0. The van der Waals surface area contributed by atoms with Crippen molar-refractivity contribution >= 4 is 11.9 Å². The van der Waals surface area contributed by atoms with Crippen LogP contribution in [0.25, 0.3) is 11.3 Å². The molecule has 2 aromatic carbocycles. The van der Waals surface area contributed by atoms with Crippen LogP contribution in [0.5, 0.6) is 0 Å². The number of nitrogens with zero attached hydrogens (tertiary/aromatic N) is 2. The third kappa shape index (κ3) is 5.94. The van der Waals surface area contributed by atoms with E-state index in [4.69, 9.17) is 10.8 Å². The first-order valence-electron chi connectivity index (χ1n) is 10.5. The number of carbonyl (C=O) groups excluding carboxylic acids is 2. The Morgan fingerprint density at radius 2 is 1.71 bits per heavy atom. The van der Waals surface area contributed by atoms with Gasteiger partial charge in [-0.2, -0.15) is 5.10 Å². The molecule has 0 aliphatic rings. The molecule has 0 radical (unpaired) electrons. The van der Waals surface area contributed by atoms with E-state index in [9.17, 15) is 9.59 Å². The van der Waals surface area contributed by atoms with Gasteiger partial charge in [0.05, 0.1) is 12.2 Å². The predicted molar refractivity (Wildman–Crippen MR) is 121 cm³/mol. The number of hydrogen-bond acceptors (Lipinski definition) is 3. The molecule has 0 saturated heterocycles. The zero-order valence-corrected chi connectivity index (χ0v) is 17.9. The van der Waals surface area contributed by atoms with E-state index < -0.39 is 12.1 Å². The Labute approximate surface area is 182 Å². The molecule has 0 saturated carbocycles. The third-order valence-electron chi connectivity index (χ3n) is 5.32. The van der Waals surface area contributed by atoms with Gasteiger partial charge in [-0.15, -0.1) is 0 Å². The average Bonchev–Trinajstić information content (AvgIpc) is 3.19. The summed E-state index contributed by atoms with van der Waals surface area (Å²) in [4.78, 5) is 24.1. The van der Waals surface area contributed by atoms with Crippen LogP contribution in [0.1, 0.15) is 31.4 Å². The second-order valence-electron chi connectivity index (χ2n) is 7.64. The Kier molecular flexibility index (Phi) is 7.43. The second kappa shape index (κ2) is 10.4. The van der Waals surface area contributed by atoms with Gasteiger partial charge in [0.15, 0.2) is 0 Å². The van der Waals surface area contributed by atoms with Gasteiger partial charge in [0, 0.05) is 23.9 Å². The van der Waals surface area contributed by atoms with Gasteiger partial charge >= 0.3 is 6.03 Å². The lowest BCUT2D eigenvalue weighted by Crippen LogP contribution is -2.51. The predicted octanol–water partition coefficient (Wildman–Crippen LogP) is 3.30. The lowest BCUT2D eigenvalue weighted by Gasteiger charge is -2.22. The smallest absolute Gasteiger partial charge is 0.312 e. The first-order valence-corrected chi connectivity index (χ1v) is 10.5. The number of primary amides is 1. The zero-order valence-electron chi connectivity index (χ0n) is 17.9. The highest BCUT2D eigenvalue weighted by Crippen LogP contribution is 2.22. The van der Waals surface area contributed by atoms with Gasteiger partial charge in [0.25, 0.3) is 0 Å². The van der Waals surface area contributed by atoms with Gasteiger partial charge in [0.1, 0.15) is 6.04 Å². The quantitative estimate of drug-likeness (QED) is 0.496. The molecule has 0 spiro atoms. The van der Waals surface area contributed by atoms with Crippen molar-refractivity contribution in [3.63, 3.8) is 0 Å². The van der Waals surface area contributed by atoms with Crippen molar-refractivity contribution in [3.8, 4) is 11.3 Å². The average molecular weight is 420 g/mol. The molecule has 3 rings (SSSR count). The van der Waals surface area contributed by atoms with Gasteiger partial charge < -0.3 is 16.4 Å². The monoisotopic (exact) mass is 419 g/mol. The molecule has 31 heavy (non-hydrogen) atoms. The Morgan fingerprint density at radius 1 is 1.06 bits per heavy atom. The molecule has 3 aromatic rings. The van der Waals surface area contributed by atoms with Crippen LogP contribution >= 0.6 is 0 Å². The SMILES string of the molecule is CC[C@H](C)[C@@H](NC(N)=O)C(=O)NCc1cn(Cc2ccccc2)nc1-c1ccccc1. The molecule has 2 atom stereocenters. The summed E-state index contributed by atoms with van der Waals surface area (Å²) in [6.45, 7) is 4.81. The van der Waals surface area contributed by atoms with Gasteiger partial charge in [0.2, 0.25) is 5.91 Å². The number of amides is 3. The number of nitrogens with two attached hydrogens (primary N) is 1. The van der Waals surface area contributed by atoms with Crippen molar-refractivity contribution in [2.24, 2.45) is 11.7 Å². The molecule has 1 heterocycles. The largest absolute Gasteiger partial charge is 0.352 e. The number of urea groups is 1. The minimum Gasteiger partial charge on any atom is -0.352 e. The highest BCUT2D eigenvalue weighted by atomic mass is 16.2. The fourth-order valence-corrected chi connectivity index (χ4v) is 3.43. The molecule has 1 aromatic heterocycles. The molecule has 0 bridgehead atoms. The molecule has 162 valence electrons. The van der Waals surface area contributed by atoms with E-state index in [0.717, 1.165) is 28.8 Å². The summed E-state index contributed by atoms with van der Waals surface area (Å²) in [7, 11) is 0. The normalized spacial score (nSPS) is 12.7. The molecular formula is C24H29N5O2. The van der Waals surface area contributed by atoms with Crippen molar-refractivity contribution in [1.29, 1.82) is 0 Å². The maximum atomic E-state index is 12.8. The second-order valence-corrected chi connectivity index (χ2v) is 7.64. The van der Waals surface area contributed by atoms with E-state index in [0.29, 0.717) is 13.1 Å². The van der Waals surface area contributed by atoms with Crippen LogP contribution in [0.2, 0.25) is 0 Å². The highest BCUT2D eigenvalue weighted by molar-refractivity contribution is 5.86.